The molecule has 0 aromatic heterocycles. The van der Waals surface area contributed by atoms with Crippen LogP contribution in [-0.4, -0.2) is 23.0 Å². The number of thioether (sulfide) groups is 1. The molecule has 0 radical (unpaired) electrons. The van der Waals surface area contributed by atoms with Crippen molar-refractivity contribution in [3.05, 3.63) is 88.4 Å². The molecule has 0 saturated carbocycles. The lowest BCUT2D eigenvalue weighted by atomic mass is 10.1. The molecule has 9 heteroatoms. The first kappa shape index (κ1) is 22.7. The maximum Gasteiger partial charge on any atom is 0.269 e. The first-order chi connectivity index (χ1) is 15.9. The quantitative estimate of drug-likeness (QED) is 0.468. The maximum absolute atomic E-state index is 12.4. The second kappa shape index (κ2) is 9.97. The van der Waals surface area contributed by atoms with Crippen molar-refractivity contribution in [1.29, 1.82) is 0 Å². The number of nitrogens with one attached hydrogen (secondary N) is 3. The zero-order chi connectivity index (χ0) is 23.4. The third-order valence-electron chi connectivity index (χ3n) is 4.90. The van der Waals surface area contributed by atoms with Crippen molar-refractivity contribution < 1.29 is 19.1 Å². The number of amides is 3. The second-order valence-corrected chi connectivity index (χ2v) is 9.13. The van der Waals surface area contributed by atoms with Crippen LogP contribution in [0.25, 0.3) is 0 Å². The van der Waals surface area contributed by atoms with E-state index >= 15 is 0 Å². The highest BCUT2D eigenvalue weighted by atomic mass is 35.5. The number of halogens is 1. The molecule has 0 saturated heterocycles. The van der Waals surface area contributed by atoms with Gasteiger partial charge in [0, 0.05) is 21.0 Å². The van der Waals surface area contributed by atoms with Crippen molar-refractivity contribution in [2.75, 3.05) is 5.32 Å². The van der Waals surface area contributed by atoms with Crippen LogP contribution in [0.4, 0.5) is 5.69 Å². The van der Waals surface area contributed by atoms with Crippen LogP contribution < -0.4 is 20.9 Å². The molecule has 33 heavy (non-hydrogen) atoms. The van der Waals surface area contributed by atoms with Gasteiger partial charge in [0.05, 0.1) is 10.9 Å². The van der Waals surface area contributed by atoms with E-state index in [9.17, 15) is 14.4 Å². The lowest BCUT2D eigenvalue weighted by molar-refractivity contribution is -0.115. The summed E-state index contributed by atoms with van der Waals surface area (Å²) in [5, 5.41) is 3.23. The molecule has 0 bridgehead atoms. The lowest BCUT2D eigenvalue weighted by Crippen LogP contribution is -2.41. The average molecular weight is 482 g/mol. The van der Waals surface area contributed by atoms with Gasteiger partial charge in [0.1, 0.15) is 12.4 Å². The van der Waals surface area contributed by atoms with E-state index in [1.807, 2.05) is 6.92 Å². The molecule has 3 aromatic carbocycles. The van der Waals surface area contributed by atoms with Crippen LogP contribution in [0.15, 0.2) is 71.6 Å². The van der Waals surface area contributed by atoms with Crippen molar-refractivity contribution in [1.82, 2.24) is 10.9 Å². The van der Waals surface area contributed by atoms with Gasteiger partial charge in [0.15, 0.2) is 0 Å². The molecule has 7 nitrogen and oxygen atoms in total. The Bertz CT molecular complexity index is 1200. The van der Waals surface area contributed by atoms with E-state index < -0.39 is 11.8 Å². The minimum atomic E-state index is -0.489. The maximum atomic E-state index is 12.4. The molecule has 3 aromatic rings. The molecule has 1 heterocycles. The number of hydrogen-bond acceptors (Lipinski definition) is 5. The predicted octanol–water partition coefficient (Wildman–Crippen LogP) is 4.43. The summed E-state index contributed by atoms with van der Waals surface area (Å²) in [6.45, 7) is 2.16. The average Bonchev–Trinajstić information content (AvgIpc) is 2.82. The number of benzene rings is 3. The third-order valence-corrected chi connectivity index (χ3v) is 6.33. The molecular weight excluding hydrogens is 462 g/mol. The van der Waals surface area contributed by atoms with Crippen LogP contribution in [0.1, 0.15) is 33.2 Å². The molecule has 1 atom stereocenters. The molecular formula is C24H20ClN3O4S. The molecule has 1 aliphatic rings. The van der Waals surface area contributed by atoms with E-state index in [-0.39, 0.29) is 11.2 Å². The van der Waals surface area contributed by atoms with Gasteiger partial charge in [0.25, 0.3) is 11.8 Å². The monoisotopic (exact) mass is 481 g/mol. The van der Waals surface area contributed by atoms with E-state index in [1.165, 1.54) is 11.8 Å². The highest BCUT2D eigenvalue weighted by Gasteiger charge is 2.23. The first-order valence-electron chi connectivity index (χ1n) is 10.1. The predicted molar refractivity (Wildman–Crippen MR) is 128 cm³/mol. The largest absolute Gasteiger partial charge is 0.489 e. The second-order valence-electron chi connectivity index (χ2n) is 7.31. The minimum absolute atomic E-state index is 0.111. The third kappa shape index (κ3) is 5.66. The Morgan fingerprint density at radius 1 is 0.970 bits per heavy atom. The van der Waals surface area contributed by atoms with Crippen LogP contribution in [0.3, 0.4) is 0 Å². The Kier molecular flexibility index (Phi) is 6.86. The standard InChI is InChI=1S/C24H20ClN3O4S/c1-14-22(29)26-20-12-17(6-11-21(20)33-14)24(31)28-27-23(30)16-4-2-15(3-5-16)13-32-19-9-7-18(25)8-10-19/h2-12,14H,13H2,1H3,(H,26,29)(H,27,30)(H,28,31). The fourth-order valence-corrected chi connectivity index (χ4v) is 4.11. The molecule has 0 spiro atoms. The summed E-state index contributed by atoms with van der Waals surface area (Å²) in [4.78, 5) is 37.6. The number of ether oxygens (including phenoxy) is 1. The molecule has 1 aliphatic heterocycles. The van der Waals surface area contributed by atoms with Gasteiger partial charge in [-0.25, -0.2) is 0 Å². The normalized spacial score (nSPS) is 14.6. The fourth-order valence-electron chi connectivity index (χ4n) is 3.06. The van der Waals surface area contributed by atoms with Crippen molar-refractivity contribution in [3.63, 3.8) is 0 Å². The summed E-state index contributed by atoms with van der Waals surface area (Å²) in [5.41, 5.74) is 6.96. The molecule has 3 amide bonds. The zero-order valence-electron chi connectivity index (χ0n) is 17.6. The van der Waals surface area contributed by atoms with E-state index in [4.69, 9.17) is 16.3 Å². The van der Waals surface area contributed by atoms with Gasteiger partial charge in [-0.15, -0.1) is 11.8 Å². The van der Waals surface area contributed by atoms with Crippen LogP contribution in [0.5, 0.6) is 5.75 Å². The van der Waals surface area contributed by atoms with Crippen molar-refractivity contribution in [3.8, 4) is 5.75 Å². The number of fused-ring (bicyclic) bond motifs is 1. The number of hydrazine groups is 1. The summed E-state index contributed by atoms with van der Waals surface area (Å²) in [6.07, 6.45) is 0. The Labute approximate surface area is 199 Å². The first-order valence-corrected chi connectivity index (χ1v) is 11.3. The van der Waals surface area contributed by atoms with Crippen LogP contribution in [-0.2, 0) is 11.4 Å². The molecule has 4 rings (SSSR count). The number of rotatable bonds is 5. The number of carbonyl (C=O) groups excluding carboxylic acids is 3. The minimum Gasteiger partial charge on any atom is -0.489 e. The molecule has 0 aliphatic carbocycles. The van der Waals surface area contributed by atoms with Crippen molar-refractivity contribution in [2.24, 2.45) is 0 Å². The van der Waals surface area contributed by atoms with E-state index in [0.717, 1.165) is 10.5 Å². The molecule has 168 valence electrons. The Morgan fingerprint density at radius 2 is 1.61 bits per heavy atom. The zero-order valence-corrected chi connectivity index (χ0v) is 19.1. The smallest absolute Gasteiger partial charge is 0.269 e. The molecule has 0 fully saturated rings. The van der Waals surface area contributed by atoms with E-state index in [2.05, 4.69) is 16.2 Å². The highest BCUT2D eigenvalue weighted by Crippen LogP contribution is 2.35. The number of hydrogen-bond donors (Lipinski definition) is 3. The fraction of sp³-hybridized carbons (Fsp3) is 0.125. The Morgan fingerprint density at radius 3 is 2.30 bits per heavy atom. The van der Waals surface area contributed by atoms with Gasteiger partial charge >= 0.3 is 0 Å². The summed E-state index contributed by atoms with van der Waals surface area (Å²) in [7, 11) is 0. The number of carbonyl (C=O) groups is 3. The molecule has 1 unspecified atom stereocenters. The highest BCUT2D eigenvalue weighted by molar-refractivity contribution is 8.00. The van der Waals surface area contributed by atoms with Gasteiger partial charge in [0.2, 0.25) is 5.91 Å². The lowest BCUT2D eigenvalue weighted by Gasteiger charge is -2.21. The summed E-state index contributed by atoms with van der Waals surface area (Å²) in [6, 6.07) is 18.9. The summed E-state index contributed by atoms with van der Waals surface area (Å²) in [5.74, 6) is -0.361. The Hall–Kier alpha value is -3.49. The SMILES string of the molecule is CC1Sc2ccc(C(=O)NNC(=O)c3ccc(COc4ccc(Cl)cc4)cc3)cc2NC1=O. The topological polar surface area (TPSA) is 96.5 Å². The Balaban J connectivity index is 1.30. The van der Waals surface area contributed by atoms with Crippen molar-refractivity contribution in [2.45, 2.75) is 23.7 Å². The van der Waals surface area contributed by atoms with E-state index in [0.29, 0.717) is 34.2 Å². The van der Waals surface area contributed by atoms with Gasteiger partial charge in [-0.1, -0.05) is 23.7 Å². The van der Waals surface area contributed by atoms with Gasteiger partial charge in [-0.05, 0) is 67.1 Å². The van der Waals surface area contributed by atoms with Gasteiger partial charge in [-0.2, -0.15) is 0 Å². The van der Waals surface area contributed by atoms with E-state index in [1.54, 1.807) is 66.7 Å². The van der Waals surface area contributed by atoms with Crippen molar-refractivity contribution >= 4 is 46.8 Å². The molecule has 3 N–H and O–H groups in total. The summed E-state index contributed by atoms with van der Waals surface area (Å²) < 4.78 is 5.68. The van der Waals surface area contributed by atoms with Gasteiger partial charge < -0.3 is 10.1 Å². The van der Waals surface area contributed by atoms with Crippen LogP contribution in [0.2, 0.25) is 5.02 Å². The summed E-state index contributed by atoms with van der Waals surface area (Å²) >= 11 is 7.29. The van der Waals surface area contributed by atoms with Crippen LogP contribution in [0, 0.1) is 0 Å². The number of anilines is 1. The van der Waals surface area contributed by atoms with Crippen LogP contribution >= 0.6 is 23.4 Å². The van der Waals surface area contributed by atoms with Gasteiger partial charge in [-0.3, -0.25) is 25.2 Å².